The van der Waals surface area contributed by atoms with Gasteiger partial charge in [0.2, 0.25) is 5.91 Å². The van der Waals surface area contributed by atoms with E-state index < -0.39 is 6.09 Å². The molecule has 0 fully saturated rings. The van der Waals surface area contributed by atoms with Gasteiger partial charge in [0, 0.05) is 25.7 Å². The Hall–Kier alpha value is -2.08. The van der Waals surface area contributed by atoms with Crippen LogP contribution in [0.5, 0.6) is 0 Å². The lowest BCUT2D eigenvalue weighted by Crippen LogP contribution is -2.50. The molecule has 0 radical (unpaired) electrons. The normalized spacial score (nSPS) is 15.5. The average molecular weight is 333 g/mol. The topological polar surface area (TPSA) is 70.7 Å². The van der Waals surface area contributed by atoms with Gasteiger partial charge in [-0.25, -0.2) is 4.79 Å². The number of alkyl carbamates (subject to hydrolysis) is 1. The standard InChI is InChI=1S/C18H27N3O3/c1-13(2)16(10-19-17(22)11-20-18(23)24-3)21-9-8-14-6-4-5-7-15(14)12-21/h4-7,13,16H,8-12H2,1-3H3,(H,19,22)(H,20,23)/t16-/m1/s1. The average Bonchev–Trinajstić information content (AvgIpc) is 2.59. The zero-order valence-corrected chi connectivity index (χ0v) is 14.7. The van der Waals surface area contributed by atoms with Crippen LogP contribution in [0.3, 0.4) is 0 Å². The van der Waals surface area contributed by atoms with Crippen molar-refractivity contribution in [3.8, 4) is 0 Å². The maximum Gasteiger partial charge on any atom is 0.407 e. The number of carbonyl (C=O) groups is 2. The van der Waals surface area contributed by atoms with E-state index in [-0.39, 0.29) is 18.5 Å². The van der Waals surface area contributed by atoms with Crippen LogP contribution in [0.4, 0.5) is 4.79 Å². The summed E-state index contributed by atoms with van der Waals surface area (Å²) in [7, 11) is 1.27. The summed E-state index contributed by atoms with van der Waals surface area (Å²) in [6, 6.07) is 8.80. The molecule has 2 rings (SSSR count). The summed E-state index contributed by atoms with van der Waals surface area (Å²) in [5.74, 6) is 0.215. The minimum Gasteiger partial charge on any atom is -0.453 e. The van der Waals surface area contributed by atoms with Crippen LogP contribution in [0.2, 0.25) is 0 Å². The Morgan fingerprint density at radius 3 is 2.58 bits per heavy atom. The van der Waals surface area contributed by atoms with Crippen molar-refractivity contribution < 1.29 is 14.3 Å². The Labute approximate surface area is 143 Å². The van der Waals surface area contributed by atoms with Crippen LogP contribution in [0.1, 0.15) is 25.0 Å². The van der Waals surface area contributed by atoms with E-state index >= 15 is 0 Å². The van der Waals surface area contributed by atoms with E-state index in [9.17, 15) is 9.59 Å². The Morgan fingerprint density at radius 2 is 1.92 bits per heavy atom. The van der Waals surface area contributed by atoms with Crippen LogP contribution in [0.25, 0.3) is 0 Å². The number of nitrogens with one attached hydrogen (secondary N) is 2. The molecule has 6 nitrogen and oxygen atoms in total. The van der Waals surface area contributed by atoms with E-state index in [0.717, 1.165) is 19.5 Å². The summed E-state index contributed by atoms with van der Waals surface area (Å²) in [6.07, 6.45) is 0.440. The first-order valence-electron chi connectivity index (χ1n) is 8.40. The number of rotatable bonds is 6. The number of hydrogen-bond acceptors (Lipinski definition) is 4. The molecule has 6 heteroatoms. The smallest absolute Gasteiger partial charge is 0.407 e. The van der Waals surface area contributed by atoms with Gasteiger partial charge in [-0.2, -0.15) is 0 Å². The highest BCUT2D eigenvalue weighted by Gasteiger charge is 2.26. The summed E-state index contributed by atoms with van der Waals surface area (Å²) < 4.78 is 4.45. The van der Waals surface area contributed by atoms with Gasteiger partial charge in [-0.1, -0.05) is 38.1 Å². The number of fused-ring (bicyclic) bond motifs is 1. The predicted molar refractivity (Wildman–Crippen MR) is 92.6 cm³/mol. The van der Waals surface area contributed by atoms with Crippen molar-refractivity contribution in [2.24, 2.45) is 5.92 Å². The van der Waals surface area contributed by atoms with Crippen LogP contribution >= 0.6 is 0 Å². The molecular weight excluding hydrogens is 306 g/mol. The third-order valence-corrected chi connectivity index (χ3v) is 4.49. The van der Waals surface area contributed by atoms with Crippen molar-refractivity contribution >= 4 is 12.0 Å². The van der Waals surface area contributed by atoms with Gasteiger partial charge in [-0.3, -0.25) is 9.69 Å². The van der Waals surface area contributed by atoms with E-state index in [0.29, 0.717) is 12.5 Å². The lowest BCUT2D eigenvalue weighted by Gasteiger charge is -2.38. The zero-order chi connectivity index (χ0) is 17.5. The van der Waals surface area contributed by atoms with Crippen molar-refractivity contribution in [1.82, 2.24) is 15.5 Å². The second-order valence-corrected chi connectivity index (χ2v) is 6.45. The monoisotopic (exact) mass is 333 g/mol. The summed E-state index contributed by atoms with van der Waals surface area (Å²) in [6.45, 7) is 6.75. The molecule has 132 valence electrons. The number of amides is 2. The molecule has 0 bridgehead atoms. The molecular formula is C18H27N3O3. The number of benzene rings is 1. The second-order valence-electron chi connectivity index (χ2n) is 6.45. The lowest BCUT2D eigenvalue weighted by molar-refractivity contribution is -0.120. The molecule has 0 spiro atoms. The molecule has 1 aromatic rings. The minimum atomic E-state index is -0.599. The van der Waals surface area contributed by atoms with Gasteiger partial charge >= 0.3 is 6.09 Å². The fourth-order valence-electron chi connectivity index (χ4n) is 3.09. The van der Waals surface area contributed by atoms with Gasteiger partial charge in [-0.05, 0) is 23.5 Å². The Balaban J connectivity index is 1.89. The number of methoxy groups -OCH3 is 1. The molecule has 2 amide bonds. The number of hydrogen-bond donors (Lipinski definition) is 2. The number of carbonyl (C=O) groups excluding carboxylic acids is 2. The SMILES string of the molecule is COC(=O)NCC(=O)NC[C@H](C(C)C)N1CCc2ccccc2C1. The molecule has 24 heavy (non-hydrogen) atoms. The van der Waals surface area contributed by atoms with Gasteiger partial charge in [0.25, 0.3) is 0 Å². The van der Waals surface area contributed by atoms with Crippen molar-refractivity contribution in [2.45, 2.75) is 32.9 Å². The molecule has 0 aliphatic carbocycles. The van der Waals surface area contributed by atoms with Crippen molar-refractivity contribution in [3.05, 3.63) is 35.4 Å². The first kappa shape index (κ1) is 18.3. The zero-order valence-electron chi connectivity index (χ0n) is 14.7. The van der Waals surface area contributed by atoms with Crippen LogP contribution < -0.4 is 10.6 Å². The largest absolute Gasteiger partial charge is 0.453 e. The molecule has 1 atom stereocenters. The summed E-state index contributed by atoms with van der Waals surface area (Å²) >= 11 is 0. The molecule has 1 aliphatic rings. The fourth-order valence-corrected chi connectivity index (χ4v) is 3.09. The van der Waals surface area contributed by atoms with Crippen molar-refractivity contribution in [1.29, 1.82) is 0 Å². The third kappa shape index (κ3) is 4.96. The number of nitrogens with zero attached hydrogens (tertiary/aromatic N) is 1. The van der Waals surface area contributed by atoms with Crippen LogP contribution in [0.15, 0.2) is 24.3 Å². The Bertz CT molecular complexity index is 574. The van der Waals surface area contributed by atoms with Crippen LogP contribution in [-0.2, 0) is 22.5 Å². The highest BCUT2D eigenvalue weighted by molar-refractivity contribution is 5.82. The molecule has 0 saturated carbocycles. The van der Waals surface area contributed by atoms with E-state index in [1.165, 1.54) is 18.2 Å². The fraction of sp³-hybridized carbons (Fsp3) is 0.556. The highest BCUT2D eigenvalue weighted by Crippen LogP contribution is 2.22. The third-order valence-electron chi connectivity index (χ3n) is 4.49. The van der Waals surface area contributed by atoms with E-state index in [1.54, 1.807) is 0 Å². The molecule has 1 heterocycles. The molecule has 1 aliphatic heterocycles. The first-order chi connectivity index (χ1) is 11.5. The highest BCUT2D eigenvalue weighted by atomic mass is 16.5. The summed E-state index contributed by atoms with van der Waals surface area (Å²) in [5.41, 5.74) is 2.79. The summed E-state index contributed by atoms with van der Waals surface area (Å²) in [5, 5.41) is 5.30. The predicted octanol–water partition coefficient (Wildman–Crippen LogP) is 1.54. The van der Waals surface area contributed by atoms with E-state index in [4.69, 9.17) is 0 Å². The number of ether oxygens (including phenoxy) is 1. The molecule has 1 aromatic carbocycles. The minimum absolute atomic E-state index is 0.0691. The maximum absolute atomic E-state index is 11.9. The van der Waals surface area contributed by atoms with Crippen LogP contribution in [-0.4, -0.2) is 49.7 Å². The Kier molecular flexibility index (Phi) is 6.61. The molecule has 0 saturated heterocycles. The second kappa shape index (κ2) is 8.68. The summed E-state index contributed by atoms with van der Waals surface area (Å²) in [4.78, 5) is 25.3. The van der Waals surface area contributed by atoms with Crippen molar-refractivity contribution in [3.63, 3.8) is 0 Å². The van der Waals surface area contributed by atoms with Gasteiger partial charge < -0.3 is 15.4 Å². The molecule has 0 unspecified atom stereocenters. The maximum atomic E-state index is 11.9. The van der Waals surface area contributed by atoms with Crippen LogP contribution in [0, 0.1) is 5.92 Å². The van der Waals surface area contributed by atoms with Gasteiger partial charge in [0.05, 0.1) is 13.7 Å². The Morgan fingerprint density at radius 1 is 1.21 bits per heavy atom. The lowest BCUT2D eigenvalue weighted by atomic mass is 9.95. The molecule has 2 N–H and O–H groups in total. The van der Waals surface area contributed by atoms with Gasteiger partial charge in [0.1, 0.15) is 0 Å². The van der Waals surface area contributed by atoms with E-state index in [2.05, 4.69) is 58.4 Å². The van der Waals surface area contributed by atoms with Gasteiger partial charge in [-0.15, -0.1) is 0 Å². The molecule has 0 aromatic heterocycles. The van der Waals surface area contributed by atoms with E-state index in [1.807, 2.05) is 0 Å². The first-order valence-corrected chi connectivity index (χ1v) is 8.40. The quantitative estimate of drug-likeness (QED) is 0.828. The van der Waals surface area contributed by atoms with Gasteiger partial charge in [0.15, 0.2) is 0 Å². The van der Waals surface area contributed by atoms with Crippen molar-refractivity contribution in [2.75, 3.05) is 26.7 Å².